The summed E-state index contributed by atoms with van der Waals surface area (Å²) in [6.07, 6.45) is 0. The molecule has 88 valence electrons. The van der Waals surface area contributed by atoms with Crippen LogP contribution in [0.4, 0.5) is 5.69 Å². The summed E-state index contributed by atoms with van der Waals surface area (Å²) in [6.45, 7) is 1.50. The maximum Gasteiger partial charge on any atom is 0.337 e. The summed E-state index contributed by atoms with van der Waals surface area (Å²) in [5, 5.41) is 12.6. The van der Waals surface area contributed by atoms with Crippen molar-refractivity contribution in [1.29, 1.82) is 0 Å². The van der Waals surface area contributed by atoms with Gasteiger partial charge in [-0.2, -0.15) is 0 Å². The lowest BCUT2D eigenvalue weighted by Gasteiger charge is -2.13. The maximum atomic E-state index is 10.9. The van der Waals surface area contributed by atoms with Crippen LogP contribution in [-0.2, 0) is 0 Å². The lowest BCUT2D eigenvalue weighted by molar-refractivity contribution is 0.0698. The molecule has 0 heterocycles. The highest BCUT2D eigenvalue weighted by Gasteiger charge is 2.09. The predicted molar refractivity (Wildman–Crippen MR) is 65.5 cm³/mol. The fourth-order valence-electron chi connectivity index (χ4n) is 1.26. The number of hydrogen-bond donors (Lipinski definition) is 2. The van der Waals surface area contributed by atoms with E-state index in [-0.39, 0.29) is 5.56 Å². The van der Waals surface area contributed by atoms with Crippen LogP contribution in [0.5, 0.6) is 0 Å². The van der Waals surface area contributed by atoms with E-state index in [0.717, 1.165) is 6.54 Å². The van der Waals surface area contributed by atoms with Gasteiger partial charge in [0.25, 0.3) is 0 Å². The van der Waals surface area contributed by atoms with E-state index in [1.165, 1.54) is 6.07 Å². The van der Waals surface area contributed by atoms with Gasteiger partial charge in [-0.25, -0.2) is 4.79 Å². The van der Waals surface area contributed by atoms with E-state index in [1.54, 1.807) is 12.1 Å². The number of rotatable bonds is 5. The topological polar surface area (TPSA) is 52.6 Å². The van der Waals surface area contributed by atoms with Gasteiger partial charge in [0.15, 0.2) is 0 Å². The zero-order chi connectivity index (χ0) is 12.1. The molecule has 16 heavy (non-hydrogen) atoms. The van der Waals surface area contributed by atoms with Gasteiger partial charge in [-0.05, 0) is 32.3 Å². The van der Waals surface area contributed by atoms with Gasteiger partial charge in [-0.3, -0.25) is 0 Å². The summed E-state index contributed by atoms with van der Waals surface area (Å²) in [7, 11) is 3.91. The molecule has 0 saturated carbocycles. The molecule has 0 saturated heterocycles. The van der Waals surface area contributed by atoms with E-state index < -0.39 is 5.97 Å². The van der Waals surface area contributed by atoms with Crippen LogP contribution in [0, 0.1) is 0 Å². The van der Waals surface area contributed by atoms with Crippen LogP contribution in [-0.4, -0.2) is 43.2 Å². The first-order valence-electron chi connectivity index (χ1n) is 4.92. The highest BCUT2D eigenvalue weighted by molar-refractivity contribution is 6.31. The summed E-state index contributed by atoms with van der Waals surface area (Å²) in [5.41, 5.74) is 0.796. The molecule has 0 unspecified atom stereocenters. The van der Waals surface area contributed by atoms with Crippen molar-refractivity contribution in [2.45, 2.75) is 0 Å². The smallest absolute Gasteiger partial charge is 0.337 e. The fourth-order valence-corrected chi connectivity index (χ4v) is 1.44. The molecule has 0 aliphatic rings. The number of hydrogen-bond acceptors (Lipinski definition) is 3. The first-order valence-corrected chi connectivity index (χ1v) is 5.30. The third-order valence-electron chi connectivity index (χ3n) is 2.09. The van der Waals surface area contributed by atoms with Crippen molar-refractivity contribution in [2.75, 3.05) is 32.5 Å². The number of nitrogens with zero attached hydrogens (tertiary/aromatic N) is 1. The molecule has 1 aromatic rings. The van der Waals surface area contributed by atoms with Crippen molar-refractivity contribution in [3.63, 3.8) is 0 Å². The average molecular weight is 243 g/mol. The lowest BCUT2D eigenvalue weighted by Crippen LogP contribution is -2.21. The Bertz CT molecular complexity index is 380. The van der Waals surface area contributed by atoms with Gasteiger partial charge < -0.3 is 15.3 Å². The van der Waals surface area contributed by atoms with E-state index in [9.17, 15) is 4.79 Å². The number of aromatic carboxylic acids is 1. The standard InChI is InChI=1S/C11H15ClN2O2/c1-14(2)6-5-13-10-7-8(12)3-4-9(10)11(15)16/h3-4,7,13H,5-6H2,1-2H3,(H,15,16). The monoisotopic (exact) mass is 242 g/mol. The minimum atomic E-state index is -0.955. The van der Waals surface area contributed by atoms with Gasteiger partial charge >= 0.3 is 5.97 Å². The van der Waals surface area contributed by atoms with E-state index in [4.69, 9.17) is 16.7 Å². The van der Waals surface area contributed by atoms with Crippen molar-refractivity contribution >= 4 is 23.3 Å². The van der Waals surface area contributed by atoms with E-state index >= 15 is 0 Å². The molecule has 0 aliphatic carbocycles. The third-order valence-corrected chi connectivity index (χ3v) is 2.32. The molecule has 1 rings (SSSR count). The molecule has 0 fully saturated rings. The van der Waals surface area contributed by atoms with E-state index in [0.29, 0.717) is 17.3 Å². The Kier molecular flexibility index (Phi) is 4.58. The predicted octanol–water partition coefficient (Wildman–Crippen LogP) is 2.01. The summed E-state index contributed by atoms with van der Waals surface area (Å²) in [4.78, 5) is 12.9. The molecule has 5 heteroatoms. The van der Waals surface area contributed by atoms with Gasteiger partial charge in [-0.15, -0.1) is 0 Å². The second kappa shape index (κ2) is 5.72. The second-order valence-electron chi connectivity index (χ2n) is 3.73. The molecule has 1 aromatic carbocycles. The Morgan fingerprint density at radius 3 is 2.75 bits per heavy atom. The molecule has 0 atom stereocenters. The molecule has 0 radical (unpaired) electrons. The first-order chi connectivity index (χ1) is 7.50. The largest absolute Gasteiger partial charge is 0.478 e. The van der Waals surface area contributed by atoms with Gasteiger partial charge in [0.1, 0.15) is 0 Å². The molecule has 2 N–H and O–H groups in total. The number of carboxylic acid groups (broad SMARTS) is 1. The summed E-state index contributed by atoms with van der Waals surface area (Å²) in [5.74, 6) is -0.955. The minimum absolute atomic E-state index is 0.239. The molecule has 4 nitrogen and oxygen atoms in total. The lowest BCUT2D eigenvalue weighted by atomic mass is 10.2. The van der Waals surface area contributed by atoms with Gasteiger partial charge in [0.2, 0.25) is 0 Å². The zero-order valence-corrected chi connectivity index (χ0v) is 10.1. The van der Waals surface area contributed by atoms with Crippen molar-refractivity contribution in [3.8, 4) is 0 Å². The van der Waals surface area contributed by atoms with E-state index in [2.05, 4.69) is 5.32 Å². The van der Waals surface area contributed by atoms with Crippen LogP contribution in [0.15, 0.2) is 18.2 Å². The molecular formula is C11H15ClN2O2. The number of anilines is 1. The summed E-state index contributed by atoms with van der Waals surface area (Å²) >= 11 is 5.82. The number of carboxylic acids is 1. The summed E-state index contributed by atoms with van der Waals surface area (Å²) < 4.78 is 0. The number of nitrogens with one attached hydrogen (secondary N) is 1. The highest BCUT2D eigenvalue weighted by Crippen LogP contribution is 2.20. The van der Waals surface area contributed by atoms with Crippen molar-refractivity contribution < 1.29 is 9.90 Å². The molecule has 0 aliphatic heterocycles. The van der Waals surface area contributed by atoms with Crippen molar-refractivity contribution in [1.82, 2.24) is 4.90 Å². The number of likely N-dealkylation sites (N-methyl/N-ethyl adjacent to an activating group) is 1. The minimum Gasteiger partial charge on any atom is -0.478 e. The number of benzene rings is 1. The van der Waals surface area contributed by atoms with Crippen LogP contribution >= 0.6 is 11.6 Å². The van der Waals surface area contributed by atoms with Gasteiger partial charge in [0, 0.05) is 18.1 Å². The normalized spacial score (nSPS) is 10.5. The van der Waals surface area contributed by atoms with Crippen LogP contribution in [0.2, 0.25) is 5.02 Å². The Hall–Kier alpha value is -1.26. The Labute approximate surface area is 99.8 Å². The second-order valence-corrected chi connectivity index (χ2v) is 4.16. The molecule has 0 spiro atoms. The molecule has 0 aromatic heterocycles. The fraction of sp³-hybridized carbons (Fsp3) is 0.364. The SMILES string of the molecule is CN(C)CCNc1cc(Cl)ccc1C(=O)O. The molecular weight excluding hydrogens is 228 g/mol. The summed E-state index contributed by atoms with van der Waals surface area (Å²) in [6, 6.07) is 4.70. The average Bonchev–Trinajstić information content (AvgIpc) is 2.16. The van der Waals surface area contributed by atoms with Crippen LogP contribution in [0.3, 0.4) is 0 Å². The number of halogens is 1. The van der Waals surface area contributed by atoms with Crippen molar-refractivity contribution in [3.05, 3.63) is 28.8 Å². The third kappa shape index (κ3) is 3.72. The number of carbonyl (C=O) groups is 1. The van der Waals surface area contributed by atoms with E-state index in [1.807, 2.05) is 19.0 Å². The van der Waals surface area contributed by atoms with Crippen molar-refractivity contribution in [2.24, 2.45) is 0 Å². The Balaban J connectivity index is 2.76. The maximum absolute atomic E-state index is 10.9. The van der Waals surface area contributed by atoms with Gasteiger partial charge in [-0.1, -0.05) is 11.6 Å². The quantitative estimate of drug-likeness (QED) is 0.830. The molecule has 0 bridgehead atoms. The van der Waals surface area contributed by atoms with Crippen LogP contribution in [0.25, 0.3) is 0 Å². The Morgan fingerprint density at radius 2 is 2.19 bits per heavy atom. The highest BCUT2D eigenvalue weighted by atomic mass is 35.5. The zero-order valence-electron chi connectivity index (χ0n) is 9.33. The van der Waals surface area contributed by atoms with Crippen LogP contribution in [0.1, 0.15) is 10.4 Å². The van der Waals surface area contributed by atoms with Crippen LogP contribution < -0.4 is 5.32 Å². The van der Waals surface area contributed by atoms with Gasteiger partial charge in [0.05, 0.1) is 11.3 Å². The Morgan fingerprint density at radius 1 is 1.50 bits per heavy atom. The molecule has 0 amide bonds. The first kappa shape index (κ1) is 12.8.